The number of ether oxygens (including phenoxy) is 1. The normalized spacial score (nSPS) is 11.1. The van der Waals surface area contributed by atoms with Crippen LogP contribution < -0.4 is 10.1 Å². The number of benzene rings is 3. The number of thiazole rings is 1. The van der Waals surface area contributed by atoms with Gasteiger partial charge in [0.1, 0.15) is 11.3 Å². The van der Waals surface area contributed by atoms with E-state index in [1.54, 1.807) is 18.4 Å². The first-order valence-corrected chi connectivity index (χ1v) is 9.28. The zero-order chi connectivity index (χ0) is 18.2. The van der Waals surface area contributed by atoms with Gasteiger partial charge >= 0.3 is 0 Å². The Bertz CT molecular complexity index is 1210. The van der Waals surface area contributed by atoms with Gasteiger partial charge in [-0.3, -0.25) is 0 Å². The Balaban J connectivity index is 1.40. The van der Waals surface area contributed by atoms with E-state index in [-0.39, 0.29) is 0 Å². The molecule has 5 nitrogen and oxygen atoms in total. The highest BCUT2D eigenvalue weighted by molar-refractivity contribution is 7.22. The minimum Gasteiger partial charge on any atom is -0.497 e. The Morgan fingerprint density at radius 1 is 0.926 bits per heavy atom. The van der Waals surface area contributed by atoms with E-state index < -0.39 is 0 Å². The number of oxazole rings is 1. The lowest BCUT2D eigenvalue weighted by molar-refractivity contribution is 0.415. The van der Waals surface area contributed by atoms with Crippen LogP contribution in [-0.2, 0) is 0 Å². The largest absolute Gasteiger partial charge is 0.497 e. The van der Waals surface area contributed by atoms with Crippen LogP contribution in [0.3, 0.4) is 0 Å². The van der Waals surface area contributed by atoms with Gasteiger partial charge in [0, 0.05) is 11.3 Å². The minimum atomic E-state index is 0.620. The van der Waals surface area contributed by atoms with Gasteiger partial charge in [0.25, 0.3) is 0 Å². The van der Waals surface area contributed by atoms with Gasteiger partial charge in [0.15, 0.2) is 10.7 Å². The van der Waals surface area contributed by atoms with Gasteiger partial charge in [-0.2, -0.15) is 0 Å². The Morgan fingerprint density at radius 3 is 2.59 bits per heavy atom. The molecule has 0 saturated heterocycles. The van der Waals surface area contributed by atoms with Crippen molar-refractivity contribution in [2.45, 2.75) is 0 Å². The van der Waals surface area contributed by atoms with Crippen LogP contribution in [0, 0.1) is 0 Å². The molecule has 6 heteroatoms. The van der Waals surface area contributed by atoms with E-state index in [0.29, 0.717) is 5.89 Å². The van der Waals surface area contributed by atoms with Crippen molar-refractivity contribution in [1.29, 1.82) is 0 Å². The summed E-state index contributed by atoms with van der Waals surface area (Å²) in [6.45, 7) is 0. The molecule has 0 amide bonds. The van der Waals surface area contributed by atoms with Crippen molar-refractivity contribution >= 4 is 43.5 Å². The minimum absolute atomic E-state index is 0.620. The molecule has 3 aromatic carbocycles. The molecular weight excluding hydrogens is 358 g/mol. The topological polar surface area (TPSA) is 60.2 Å². The van der Waals surface area contributed by atoms with Crippen LogP contribution in [0.1, 0.15) is 0 Å². The summed E-state index contributed by atoms with van der Waals surface area (Å²) in [4.78, 5) is 9.15. The molecular formula is C21H15N3O2S. The van der Waals surface area contributed by atoms with Crippen LogP contribution in [0.2, 0.25) is 0 Å². The second kappa shape index (κ2) is 6.41. The fourth-order valence-corrected chi connectivity index (χ4v) is 3.82. The number of hydrogen-bond acceptors (Lipinski definition) is 6. The molecule has 2 aromatic heterocycles. The van der Waals surface area contributed by atoms with Gasteiger partial charge in [-0.25, -0.2) is 9.97 Å². The summed E-state index contributed by atoms with van der Waals surface area (Å²) in [5.74, 6) is 1.45. The van der Waals surface area contributed by atoms with E-state index >= 15 is 0 Å². The molecule has 0 atom stereocenters. The molecule has 0 radical (unpaired) electrons. The zero-order valence-corrected chi connectivity index (χ0v) is 15.3. The molecule has 0 aliphatic rings. The summed E-state index contributed by atoms with van der Waals surface area (Å²) in [7, 11) is 1.67. The van der Waals surface area contributed by atoms with Crippen molar-refractivity contribution in [3.63, 3.8) is 0 Å². The van der Waals surface area contributed by atoms with Gasteiger partial charge < -0.3 is 14.5 Å². The summed E-state index contributed by atoms with van der Waals surface area (Å²) < 4.78 is 12.2. The highest BCUT2D eigenvalue weighted by atomic mass is 32.1. The SMILES string of the molecule is COc1ccc2nc(Nc3ccc(-c4nc5ccccc5o4)cc3)sc2c1. The lowest BCUT2D eigenvalue weighted by Gasteiger charge is -2.02. The number of para-hydroxylation sites is 2. The predicted molar refractivity (Wildman–Crippen MR) is 109 cm³/mol. The fourth-order valence-electron chi connectivity index (χ4n) is 2.90. The van der Waals surface area contributed by atoms with Crippen LogP contribution in [0.5, 0.6) is 5.75 Å². The first kappa shape index (κ1) is 15.8. The maximum atomic E-state index is 5.82. The molecule has 132 valence electrons. The molecule has 2 heterocycles. The lowest BCUT2D eigenvalue weighted by Crippen LogP contribution is -1.89. The number of hydrogen-bond donors (Lipinski definition) is 1. The quantitative estimate of drug-likeness (QED) is 0.428. The van der Waals surface area contributed by atoms with E-state index in [4.69, 9.17) is 9.15 Å². The van der Waals surface area contributed by atoms with E-state index in [2.05, 4.69) is 15.3 Å². The van der Waals surface area contributed by atoms with Crippen molar-refractivity contribution in [3.05, 3.63) is 66.7 Å². The van der Waals surface area contributed by atoms with Gasteiger partial charge in [-0.05, 0) is 54.6 Å². The van der Waals surface area contributed by atoms with Gasteiger partial charge in [0.05, 0.1) is 17.3 Å². The number of fused-ring (bicyclic) bond motifs is 2. The van der Waals surface area contributed by atoms with Crippen molar-refractivity contribution < 1.29 is 9.15 Å². The van der Waals surface area contributed by atoms with E-state index in [1.165, 1.54) is 0 Å². The van der Waals surface area contributed by atoms with Gasteiger partial charge in [-0.1, -0.05) is 23.5 Å². The molecule has 27 heavy (non-hydrogen) atoms. The third kappa shape index (κ3) is 3.00. The number of rotatable bonds is 4. The number of nitrogens with zero attached hydrogens (tertiary/aromatic N) is 2. The Morgan fingerprint density at radius 2 is 1.78 bits per heavy atom. The van der Waals surface area contributed by atoms with Crippen LogP contribution in [-0.4, -0.2) is 17.1 Å². The monoisotopic (exact) mass is 373 g/mol. The summed E-state index contributed by atoms with van der Waals surface area (Å²) >= 11 is 1.59. The Hall–Kier alpha value is -3.38. The predicted octanol–water partition coefficient (Wildman–Crippen LogP) is 5.86. The molecule has 0 aliphatic carbocycles. The maximum absolute atomic E-state index is 5.82. The van der Waals surface area contributed by atoms with Crippen LogP contribution in [0.25, 0.3) is 32.8 Å². The summed E-state index contributed by atoms with van der Waals surface area (Å²) in [6, 6.07) is 21.6. The second-order valence-electron chi connectivity index (χ2n) is 6.04. The van der Waals surface area contributed by atoms with E-state index in [9.17, 15) is 0 Å². The molecule has 0 bridgehead atoms. The molecule has 1 N–H and O–H groups in total. The average Bonchev–Trinajstić information content (AvgIpc) is 3.31. The first-order chi connectivity index (χ1) is 13.3. The second-order valence-corrected chi connectivity index (χ2v) is 7.07. The van der Waals surface area contributed by atoms with Crippen LogP contribution in [0.15, 0.2) is 71.1 Å². The molecule has 0 saturated carbocycles. The summed E-state index contributed by atoms with van der Waals surface area (Å²) in [5, 5.41) is 4.19. The number of nitrogens with one attached hydrogen (secondary N) is 1. The lowest BCUT2D eigenvalue weighted by atomic mass is 10.2. The Kier molecular flexibility index (Phi) is 3.76. The zero-order valence-electron chi connectivity index (χ0n) is 14.5. The van der Waals surface area contributed by atoms with Crippen LogP contribution >= 0.6 is 11.3 Å². The number of aromatic nitrogens is 2. The Labute approximate surface area is 159 Å². The van der Waals surface area contributed by atoms with Crippen molar-refractivity contribution in [3.8, 4) is 17.2 Å². The highest BCUT2D eigenvalue weighted by Crippen LogP contribution is 2.31. The highest BCUT2D eigenvalue weighted by Gasteiger charge is 2.09. The number of methoxy groups -OCH3 is 1. The smallest absolute Gasteiger partial charge is 0.227 e. The third-order valence-corrected chi connectivity index (χ3v) is 5.21. The maximum Gasteiger partial charge on any atom is 0.227 e. The average molecular weight is 373 g/mol. The number of anilines is 2. The van der Waals surface area contributed by atoms with E-state index in [0.717, 1.165) is 43.4 Å². The molecule has 5 aromatic rings. The summed E-state index contributed by atoms with van der Waals surface area (Å²) in [6.07, 6.45) is 0. The molecule has 0 aliphatic heterocycles. The molecule has 0 unspecified atom stereocenters. The van der Waals surface area contributed by atoms with Crippen molar-refractivity contribution in [2.75, 3.05) is 12.4 Å². The van der Waals surface area contributed by atoms with Crippen molar-refractivity contribution in [2.24, 2.45) is 0 Å². The fraction of sp³-hybridized carbons (Fsp3) is 0.0476. The standard InChI is InChI=1S/C21H15N3O2S/c1-25-15-10-11-17-19(12-15)27-21(24-17)22-14-8-6-13(7-9-14)20-23-16-4-2-3-5-18(16)26-20/h2-12H,1H3,(H,22,24). The molecule has 0 fully saturated rings. The van der Waals surface area contributed by atoms with Gasteiger partial charge in [-0.15, -0.1) is 0 Å². The summed E-state index contributed by atoms with van der Waals surface area (Å²) in [5.41, 5.74) is 4.50. The molecule has 5 rings (SSSR count). The first-order valence-electron chi connectivity index (χ1n) is 8.46. The third-order valence-electron chi connectivity index (χ3n) is 4.27. The van der Waals surface area contributed by atoms with Crippen molar-refractivity contribution in [1.82, 2.24) is 9.97 Å². The van der Waals surface area contributed by atoms with Gasteiger partial charge in [0.2, 0.25) is 5.89 Å². The van der Waals surface area contributed by atoms with E-state index in [1.807, 2.05) is 66.7 Å². The molecule has 0 spiro atoms. The van der Waals surface area contributed by atoms with Crippen LogP contribution in [0.4, 0.5) is 10.8 Å².